The number of rotatable bonds is 1. The summed E-state index contributed by atoms with van der Waals surface area (Å²) in [7, 11) is 0. The Morgan fingerprint density at radius 3 is 2.82 bits per heavy atom. The van der Waals surface area contributed by atoms with E-state index in [1.54, 1.807) is 23.1 Å². The molecule has 0 radical (unpaired) electrons. The van der Waals surface area contributed by atoms with Gasteiger partial charge >= 0.3 is 6.03 Å². The highest BCUT2D eigenvalue weighted by Crippen LogP contribution is 2.30. The molecule has 1 heterocycles. The van der Waals surface area contributed by atoms with E-state index >= 15 is 0 Å². The molecule has 0 unspecified atom stereocenters. The second-order valence-electron chi connectivity index (χ2n) is 3.63. The Morgan fingerprint density at radius 1 is 1.41 bits per heavy atom. The average Bonchev–Trinajstić information content (AvgIpc) is 2.36. The molecule has 1 aliphatic heterocycles. The van der Waals surface area contributed by atoms with E-state index in [-0.39, 0.29) is 6.03 Å². The van der Waals surface area contributed by atoms with Gasteiger partial charge in [-0.2, -0.15) is 0 Å². The standard InChI is InChI=1S/C11H12BrClN2O2/c12-10-8(13)2-1-3-9(10)14-11(16)15-4-6-17-7-5-15/h1-3H,4-7H2,(H,14,16). The molecule has 0 spiro atoms. The van der Waals surface area contributed by atoms with Gasteiger partial charge in [-0.15, -0.1) is 0 Å². The molecule has 0 aromatic heterocycles. The highest BCUT2D eigenvalue weighted by molar-refractivity contribution is 9.10. The minimum Gasteiger partial charge on any atom is -0.378 e. The summed E-state index contributed by atoms with van der Waals surface area (Å²) >= 11 is 9.29. The number of hydrogen-bond donors (Lipinski definition) is 1. The molecule has 17 heavy (non-hydrogen) atoms. The first-order valence-corrected chi connectivity index (χ1v) is 6.43. The van der Waals surface area contributed by atoms with Crippen molar-refractivity contribution in [2.75, 3.05) is 31.6 Å². The molecule has 0 aliphatic carbocycles. The lowest BCUT2D eigenvalue weighted by Gasteiger charge is -2.27. The number of amides is 2. The molecule has 1 aromatic rings. The maximum absolute atomic E-state index is 11.9. The summed E-state index contributed by atoms with van der Waals surface area (Å²) in [5.41, 5.74) is 0.675. The van der Waals surface area contributed by atoms with Crippen LogP contribution >= 0.6 is 27.5 Å². The molecule has 1 N–H and O–H groups in total. The van der Waals surface area contributed by atoms with Crippen LogP contribution in [0.15, 0.2) is 22.7 Å². The van der Waals surface area contributed by atoms with Crippen LogP contribution in [-0.4, -0.2) is 37.2 Å². The second kappa shape index (κ2) is 5.71. The summed E-state index contributed by atoms with van der Waals surface area (Å²) in [6.07, 6.45) is 0. The van der Waals surface area contributed by atoms with E-state index in [1.807, 2.05) is 0 Å². The third-order valence-corrected chi connectivity index (χ3v) is 3.89. The minimum absolute atomic E-state index is 0.128. The predicted molar refractivity (Wildman–Crippen MR) is 70.6 cm³/mol. The first-order valence-electron chi connectivity index (χ1n) is 5.26. The van der Waals surface area contributed by atoms with Crippen LogP contribution in [0.4, 0.5) is 10.5 Å². The molecular weight excluding hydrogens is 307 g/mol. The summed E-state index contributed by atoms with van der Waals surface area (Å²) in [4.78, 5) is 13.6. The van der Waals surface area contributed by atoms with Crippen LogP contribution < -0.4 is 5.32 Å². The third kappa shape index (κ3) is 3.12. The zero-order valence-corrected chi connectivity index (χ0v) is 11.4. The van der Waals surface area contributed by atoms with Gasteiger partial charge in [0.05, 0.1) is 28.4 Å². The molecular formula is C11H12BrClN2O2. The van der Waals surface area contributed by atoms with Gasteiger partial charge in [0, 0.05) is 13.1 Å². The van der Waals surface area contributed by atoms with Gasteiger partial charge in [0.25, 0.3) is 0 Å². The van der Waals surface area contributed by atoms with Crippen LogP contribution in [0.2, 0.25) is 5.02 Å². The number of ether oxygens (including phenoxy) is 1. The Morgan fingerprint density at radius 2 is 2.12 bits per heavy atom. The summed E-state index contributed by atoms with van der Waals surface area (Å²) in [6, 6.07) is 5.23. The van der Waals surface area contributed by atoms with Crippen molar-refractivity contribution < 1.29 is 9.53 Å². The lowest BCUT2D eigenvalue weighted by atomic mass is 10.3. The Labute approximate surface area is 113 Å². The molecule has 1 fully saturated rings. The van der Waals surface area contributed by atoms with Crippen molar-refractivity contribution in [2.45, 2.75) is 0 Å². The number of urea groups is 1. The molecule has 6 heteroatoms. The van der Waals surface area contributed by atoms with Gasteiger partial charge in [-0.3, -0.25) is 0 Å². The highest BCUT2D eigenvalue weighted by atomic mass is 79.9. The summed E-state index contributed by atoms with van der Waals surface area (Å²) in [5.74, 6) is 0. The van der Waals surface area contributed by atoms with Gasteiger partial charge in [-0.1, -0.05) is 17.7 Å². The summed E-state index contributed by atoms with van der Waals surface area (Å²) in [6.45, 7) is 2.41. The normalized spacial score (nSPS) is 15.8. The largest absolute Gasteiger partial charge is 0.378 e. The first kappa shape index (κ1) is 12.7. The highest BCUT2D eigenvalue weighted by Gasteiger charge is 2.17. The fourth-order valence-electron chi connectivity index (χ4n) is 1.56. The van der Waals surface area contributed by atoms with E-state index in [4.69, 9.17) is 16.3 Å². The lowest BCUT2D eigenvalue weighted by Crippen LogP contribution is -2.43. The van der Waals surface area contributed by atoms with Crippen molar-refractivity contribution in [3.8, 4) is 0 Å². The molecule has 2 rings (SSSR count). The van der Waals surface area contributed by atoms with Gasteiger partial charge in [0.2, 0.25) is 0 Å². The third-order valence-electron chi connectivity index (χ3n) is 2.49. The van der Waals surface area contributed by atoms with Gasteiger partial charge in [0.1, 0.15) is 0 Å². The molecule has 92 valence electrons. The lowest BCUT2D eigenvalue weighted by molar-refractivity contribution is 0.0564. The monoisotopic (exact) mass is 318 g/mol. The number of morpholine rings is 1. The van der Waals surface area contributed by atoms with Crippen molar-refractivity contribution >= 4 is 39.2 Å². The van der Waals surface area contributed by atoms with Crippen LogP contribution in [0.25, 0.3) is 0 Å². The van der Waals surface area contributed by atoms with Crippen molar-refractivity contribution in [1.82, 2.24) is 4.90 Å². The Bertz CT molecular complexity index is 422. The predicted octanol–water partition coefficient (Wildman–Crippen LogP) is 2.97. The van der Waals surface area contributed by atoms with Crippen LogP contribution in [0.3, 0.4) is 0 Å². The average molecular weight is 320 g/mol. The minimum atomic E-state index is -0.128. The summed E-state index contributed by atoms with van der Waals surface area (Å²) in [5, 5.41) is 3.39. The first-order chi connectivity index (χ1) is 8.18. The van der Waals surface area contributed by atoms with E-state index in [0.717, 1.165) is 0 Å². The molecule has 1 saturated heterocycles. The number of anilines is 1. The Hall–Kier alpha value is -0.780. The molecule has 0 atom stereocenters. The van der Waals surface area contributed by atoms with Crippen LogP contribution in [0.1, 0.15) is 0 Å². The molecule has 2 amide bonds. The molecule has 0 saturated carbocycles. The second-order valence-corrected chi connectivity index (χ2v) is 4.83. The fraction of sp³-hybridized carbons (Fsp3) is 0.364. The number of halogens is 2. The van der Waals surface area contributed by atoms with Crippen molar-refractivity contribution in [1.29, 1.82) is 0 Å². The quantitative estimate of drug-likeness (QED) is 0.864. The molecule has 1 aromatic carbocycles. The number of benzene rings is 1. The van der Waals surface area contributed by atoms with E-state index in [1.165, 1.54) is 0 Å². The molecule has 1 aliphatic rings. The Balaban J connectivity index is 2.04. The maximum atomic E-state index is 11.9. The van der Waals surface area contributed by atoms with Crippen LogP contribution in [0.5, 0.6) is 0 Å². The van der Waals surface area contributed by atoms with E-state index in [0.29, 0.717) is 41.5 Å². The van der Waals surface area contributed by atoms with Gasteiger partial charge < -0.3 is 15.0 Å². The van der Waals surface area contributed by atoms with Crippen molar-refractivity contribution in [3.63, 3.8) is 0 Å². The van der Waals surface area contributed by atoms with Crippen molar-refractivity contribution in [2.24, 2.45) is 0 Å². The topological polar surface area (TPSA) is 41.6 Å². The number of carbonyl (C=O) groups is 1. The zero-order chi connectivity index (χ0) is 12.3. The van der Waals surface area contributed by atoms with E-state index < -0.39 is 0 Å². The van der Waals surface area contributed by atoms with E-state index in [9.17, 15) is 4.79 Å². The van der Waals surface area contributed by atoms with Crippen molar-refractivity contribution in [3.05, 3.63) is 27.7 Å². The van der Waals surface area contributed by atoms with Gasteiger partial charge in [0.15, 0.2) is 0 Å². The molecule has 0 bridgehead atoms. The molecule has 4 nitrogen and oxygen atoms in total. The Kier molecular flexibility index (Phi) is 4.25. The SMILES string of the molecule is O=C(Nc1cccc(Cl)c1Br)N1CCOCC1. The number of nitrogens with one attached hydrogen (secondary N) is 1. The smallest absolute Gasteiger partial charge is 0.322 e. The fourth-order valence-corrected chi connectivity index (χ4v) is 2.10. The van der Waals surface area contributed by atoms with Gasteiger partial charge in [-0.05, 0) is 28.1 Å². The van der Waals surface area contributed by atoms with Gasteiger partial charge in [-0.25, -0.2) is 4.79 Å². The number of nitrogens with zero attached hydrogens (tertiary/aromatic N) is 1. The zero-order valence-electron chi connectivity index (χ0n) is 9.08. The number of carbonyl (C=O) groups excluding carboxylic acids is 1. The van der Waals surface area contributed by atoms with Crippen LogP contribution in [-0.2, 0) is 4.74 Å². The number of hydrogen-bond acceptors (Lipinski definition) is 2. The van der Waals surface area contributed by atoms with E-state index in [2.05, 4.69) is 21.2 Å². The maximum Gasteiger partial charge on any atom is 0.322 e. The van der Waals surface area contributed by atoms with Crippen LogP contribution in [0, 0.1) is 0 Å². The summed E-state index contributed by atoms with van der Waals surface area (Å²) < 4.78 is 5.89.